The monoisotopic (exact) mass is 180 g/mol. The highest BCUT2D eigenvalue weighted by molar-refractivity contribution is 9.09. The zero-order chi connectivity index (χ0) is 6.99. The Morgan fingerprint density at radius 3 is 1.75 bits per heavy atom. The van der Waals surface area contributed by atoms with Gasteiger partial charge in [-0.1, -0.05) is 28.1 Å². The highest BCUT2D eigenvalue weighted by Crippen LogP contribution is 1.89. The Kier molecular flexibility index (Phi) is 14.1. The molecule has 2 heteroatoms. The van der Waals surface area contributed by atoms with Crippen molar-refractivity contribution in [2.75, 3.05) is 19.5 Å². The van der Waals surface area contributed by atoms with Gasteiger partial charge in [-0.2, -0.15) is 0 Å². The Hall–Kier alpha value is 0.180. The average molecular weight is 181 g/mol. The summed E-state index contributed by atoms with van der Waals surface area (Å²) in [5.74, 6) is 0. The van der Waals surface area contributed by atoms with E-state index in [1.165, 1.54) is 5.57 Å². The second-order valence-corrected chi connectivity index (χ2v) is 2.06. The van der Waals surface area contributed by atoms with Crippen LogP contribution in [0, 0.1) is 0 Å². The van der Waals surface area contributed by atoms with Crippen LogP contribution in [0.2, 0.25) is 0 Å². The maximum absolute atomic E-state index is 4.25. The zero-order valence-electron chi connectivity index (χ0n) is 5.70. The smallest absolute Gasteiger partial charge is 0.0351 e. The van der Waals surface area contributed by atoms with Gasteiger partial charge in [0.25, 0.3) is 0 Å². The van der Waals surface area contributed by atoms with E-state index >= 15 is 0 Å². The van der Waals surface area contributed by atoms with Crippen molar-refractivity contribution in [2.24, 2.45) is 0 Å². The summed E-state index contributed by atoms with van der Waals surface area (Å²) in [5, 5.41) is 0.924. The fraction of sp³-hybridized carbons (Fsp3) is 0.667. The van der Waals surface area contributed by atoms with Crippen molar-refractivity contribution in [3.8, 4) is 0 Å². The highest BCUT2D eigenvalue weighted by atomic mass is 79.9. The van der Waals surface area contributed by atoms with E-state index in [1.807, 2.05) is 6.92 Å². The van der Waals surface area contributed by atoms with Crippen LogP contribution in [-0.2, 0) is 4.74 Å². The lowest BCUT2D eigenvalue weighted by Crippen LogP contribution is -1.64. The summed E-state index contributed by atoms with van der Waals surface area (Å²) in [7, 11) is 3.25. The van der Waals surface area contributed by atoms with E-state index in [-0.39, 0.29) is 0 Å². The fourth-order valence-corrected chi connectivity index (χ4v) is 0. The summed E-state index contributed by atoms with van der Waals surface area (Å²) in [6, 6.07) is 0. The molecule has 0 aromatic rings. The van der Waals surface area contributed by atoms with Crippen molar-refractivity contribution in [2.45, 2.75) is 6.92 Å². The molecule has 0 aliphatic heterocycles. The standard InChI is InChI=1S/C4H7Br.C2H6O/c1-4(2)3-5;1-3-2/h1,3H2,2H3;1-2H3. The van der Waals surface area contributed by atoms with Gasteiger partial charge in [0.2, 0.25) is 0 Å². The zero-order valence-corrected chi connectivity index (χ0v) is 7.29. The van der Waals surface area contributed by atoms with Gasteiger partial charge in [0.1, 0.15) is 0 Å². The number of alkyl halides is 1. The van der Waals surface area contributed by atoms with Crippen LogP contribution in [0.1, 0.15) is 6.92 Å². The minimum atomic E-state index is 0.924. The minimum absolute atomic E-state index is 0.924. The number of methoxy groups -OCH3 is 1. The van der Waals surface area contributed by atoms with Crippen LogP contribution in [0.3, 0.4) is 0 Å². The molecule has 0 saturated heterocycles. The first-order valence-corrected chi connectivity index (χ1v) is 3.41. The van der Waals surface area contributed by atoms with Gasteiger partial charge in [0.15, 0.2) is 0 Å². The third-order valence-corrected chi connectivity index (χ3v) is 1.19. The van der Waals surface area contributed by atoms with Crippen LogP contribution in [0.25, 0.3) is 0 Å². The van der Waals surface area contributed by atoms with E-state index in [9.17, 15) is 0 Å². The molecule has 0 aliphatic carbocycles. The summed E-state index contributed by atoms with van der Waals surface area (Å²) in [5.41, 5.74) is 1.17. The molecule has 0 rings (SSSR count). The molecule has 0 amide bonds. The SMILES string of the molecule is C=C(C)CBr.COC. The normalized spacial score (nSPS) is 7.00. The van der Waals surface area contributed by atoms with E-state index in [0.29, 0.717) is 0 Å². The Labute approximate surface area is 59.9 Å². The van der Waals surface area contributed by atoms with E-state index in [0.717, 1.165) is 5.33 Å². The average Bonchev–Trinajstić information content (AvgIpc) is 1.69. The molecule has 0 unspecified atom stereocenters. The van der Waals surface area contributed by atoms with Gasteiger partial charge < -0.3 is 4.74 Å². The van der Waals surface area contributed by atoms with Crippen LogP contribution >= 0.6 is 15.9 Å². The lowest BCUT2D eigenvalue weighted by Gasteiger charge is -1.77. The number of halogens is 1. The molecule has 0 atom stereocenters. The van der Waals surface area contributed by atoms with E-state index in [4.69, 9.17) is 0 Å². The molecule has 1 nitrogen and oxygen atoms in total. The highest BCUT2D eigenvalue weighted by Gasteiger charge is 1.69. The molecule has 0 aromatic heterocycles. The molecule has 0 bridgehead atoms. The number of allylic oxidation sites excluding steroid dienone is 1. The van der Waals surface area contributed by atoms with Crippen molar-refractivity contribution >= 4 is 15.9 Å². The second-order valence-electron chi connectivity index (χ2n) is 1.50. The molecule has 50 valence electrons. The molecule has 0 radical (unpaired) electrons. The van der Waals surface area contributed by atoms with Gasteiger partial charge in [-0.15, -0.1) is 0 Å². The lowest BCUT2D eigenvalue weighted by atomic mass is 10.4. The number of ether oxygens (including phenoxy) is 1. The van der Waals surface area contributed by atoms with Gasteiger partial charge >= 0.3 is 0 Å². The van der Waals surface area contributed by atoms with Crippen molar-refractivity contribution in [3.63, 3.8) is 0 Å². The van der Waals surface area contributed by atoms with Crippen molar-refractivity contribution in [3.05, 3.63) is 12.2 Å². The van der Waals surface area contributed by atoms with Crippen molar-refractivity contribution < 1.29 is 4.74 Å². The summed E-state index contributed by atoms with van der Waals surface area (Å²) >= 11 is 3.21. The van der Waals surface area contributed by atoms with Gasteiger partial charge in [-0.05, 0) is 6.92 Å². The predicted molar refractivity (Wildman–Crippen MR) is 41.5 cm³/mol. The van der Waals surface area contributed by atoms with E-state index < -0.39 is 0 Å². The van der Waals surface area contributed by atoms with Gasteiger partial charge in [0.05, 0.1) is 0 Å². The molecule has 0 saturated carbocycles. The summed E-state index contributed by atoms with van der Waals surface area (Å²) in [6.07, 6.45) is 0. The molecule has 0 aliphatic rings. The Balaban J connectivity index is 0. The first-order valence-electron chi connectivity index (χ1n) is 2.29. The van der Waals surface area contributed by atoms with Crippen molar-refractivity contribution in [1.29, 1.82) is 0 Å². The summed E-state index contributed by atoms with van der Waals surface area (Å²) in [4.78, 5) is 0. The third-order valence-electron chi connectivity index (χ3n) is 0.228. The maximum Gasteiger partial charge on any atom is 0.0351 e. The topological polar surface area (TPSA) is 9.23 Å². The lowest BCUT2D eigenvalue weighted by molar-refractivity contribution is 0.277. The minimum Gasteiger partial charge on any atom is -0.388 e. The van der Waals surface area contributed by atoms with Crippen LogP contribution in [0.5, 0.6) is 0 Å². The summed E-state index contributed by atoms with van der Waals surface area (Å²) < 4.78 is 4.25. The first-order chi connectivity index (χ1) is 3.68. The molecule has 0 fully saturated rings. The van der Waals surface area contributed by atoms with Crippen LogP contribution < -0.4 is 0 Å². The molecule has 0 heterocycles. The van der Waals surface area contributed by atoms with E-state index in [1.54, 1.807) is 14.2 Å². The Morgan fingerprint density at radius 2 is 1.75 bits per heavy atom. The number of hydrogen-bond acceptors (Lipinski definition) is 1. The molecule has 0 aromatic carbocycles. The molecule has 0 spiro atoms. The quantitative estimate of drug-likeness (QED) is 0.445. The third kappa shape index (κ3) is 34.9. The molecule has 8 heavy (non-hydrogen) atoms. The van der Waals surface area contributed by atoms with Crippen LogP contribution in [-0.4, -0.2) is 19.5 Å². The molecule has 0 N–H and O–H groups in total. The molecular formula is C6H13BrO. The van der Waals surface area contributed by atoms with Gasteiger partial charge in [-0.25, -0.2) is 0 Å². The molecular weight excluding hydrogens is 168 g/mol. The van der Waals surface area contributed by atoms with Gasteiger partial charge in [-0.3, -0.25) is 0 Å². The largest absolute Gasteiger partial charge is 0.388 e. The number of rotatable bonds is 1. The van der Waals surface area contributed by atoms with Crippen molar-refractivity contribution in [1.82, 2.24) is 0 Å². The maximum atomic E-state index is 4.25. The fourth-order valence-electron chi connectivity index (χ4n) is 0. The summed E-state index contributed by atoms with van der Waals surface area (Å²) in [6.45, 7) is 5.61. The Bertz CT molecular complexity index is 52.5. The Morgan fingerprint density at radius 1 is 1.62 bits per heavy atom. The number of hydrogen-bond donors (Lipinski definition) is 0. The van der Waals surface area contributed by atoms with Crippen LogP contribution in [0.15, 0.2) is 12.2 Å². The van der Waals surface area contributed by atoms with E-state index in [2.05, 4.69) is 27.2 Å². The first kappa shape index (κ1) is 11.0. The second kappa shape index (κ2) is 10.2. The van der Waals surface area contributed by atoms with Gasteiger partial charge in [0, 0.05) is 19.5 Å². The van der Waals surface area contributed by atoms with Crippen LogP contribution in [0.4, 0.5) is 0 Å². The predicted octanol–water partition coefficient (Wildman–Crippen LogP) is 2.22.